The van der Waals surface area contributed by atoms with E-state index in [-0.39, 0.29) is 12.0 Å². The minimum absolute atomic E-state index is 0.206. The van der Waals surface area contributed by atoms with Crippen molar-refractivity contribution in [2.24, 2.45) is 0 Å². The molecule has 0 bridgehead atoms. The van der Waals surface area contributed by atoms with Crippen LogP contribution in [0.5, 0.6) is 5.75 Å². The standard InChI is InChI=1S/C18H29NO2/c1-3-5-6-12-21-16-9-7-8-15(13-16)17-14-19(4-2)11-10-18(17)20/h7-9,13,17-18,20H,3-6,10-12,14H2,1-2H3. The first-order chi connectivity index (χ1) is 10.2. The van der Waals surface area contributed by atoms with Gasteiger partial charge in [0.1, 0.15) is 5.75 Å². The molecule has 0 amide bonds. The van der Waals surface area contributed by atoms with E-state index >= 15 is 0 Å². The van der Waals surface area contributed by atoms with E-state index in [4.69, 9.17) is 4.74 Å². The molecule has 0 radical (unpaired) electrons. The summed E-state index contributed by atoms with van der Waals surface area (Å²) >= 11 is 0. The molecule has 0 aromatic heterocycles. The smallest absolute Gasteiger partial charge is 0.119 e. The Morgan fingerprint density at radius 2 is 2.14 bits per heavy atom. The van der Waals surface area contributed by atoms with Crippen LogP contribution in [0.3, 0.4) is 0 Å². The number of aliphatic hydroxyl groups excluding tert-OH is 1. The molecule has 2 unspecified atom stereocenters. The van der Waals surface area contributed by atoms with E-state index in [1.54, 1.807) is 0 Å². The molecule has 1 aliphatic rings. The maximum Gasteiger partial charge on any atom is 0.119 e. The Morgan fingerprint density at radius 3 is 2.90 bits per heavy atom. The van der Waals surface area contributed by atoms with Gasteiger partial charge in [0, 0.05) is 19.0 Å². The fourth-order valence-corrected chi connectivity index (χ4v) is 3.00. The summed E-state index contributed by atoms with van der Waals surface area (Å²) in [6, 6.07) is 8.29. The molecular formula is C18H29NO2. The third-order valence-corrected chi connectivity index (χ3v) is 4.41. The van der Waals surface area contributed by atoms with Crippen LogP contribution in [0.2, 0.25) is 0 Å². The lowest BCUT2D eigenvalue weighted by Gasteiger charge is -2.36. The Balaban J connectivity index is 1.98. The Morgan fingerprint density at radius 1 is 1.29 bits per heavy atom. The van der Waals surface area contributed by atoms with E-state index < -0.39 is 0 Å². The molecular weight excluding hydrogens is 262 g/mol. The van der Waals surface area contributed by atoms with Crippen molar-refractivity contribution in [1.82, 2.24) is 4.90 Å². The van der Waals surface area contributed by atoms with E-state index in [0.717, 1.165) is 44.8 Å². The van der Waals surface area contributed by atoms with Gasteiger partial charge in [-0.05, 0) is 37.1 Å². The molecule has 0 aliphatic carbocycles. The SMILES string of the molecule is CCCCCOc1cccc(C2CN(CC)CCC2O)c1. The lowest BCUT2D eigenvalue weighted by atomic mass is 9.88. The number of rotatable bonds is 7. The summed E-state index contributed by atoms with van der Waals surface area (Å²) in [5.74, 6) is 1.14. The Hall–Kier alpha value is -1.06. The molecule has 2 rings (SSSR count). The lowest BCUT2D eigenvalue weighted by molar-refractivity contribution is 0.0623. The molecule has 1 saturated heterocycles. The van der Waals surface area contributed by atoms with Crippen molar-refractivity contribution in [2.75, 3.05) is 26.2 Å². The average Bonchev–Trinajstić information content (AvgIpc) is 2.52. The van der Waals surface area contributed by atoms with Crippen LogP contribution < -0.4 is 4.74 Å². The van der Waals surface area contributed by atoms with Gasteiger partial charge in [-0.1, -0.05) is 38.8 Å². The average molecular weight is 291 g/mol. The number of likely N-dealkylation sites (N-methyl/N-ethyl adjacent to an activating group) is 1. The summed E-state index contributed by atoms with van der Waals surface area (Å²) in [5.41, 5.74) is 1.20. The predicted octanol–water partition coefficient (Wildman–Crippen LogP) is 3.43. The third kappa shape index (κ3) is 4.72. The van der Waals surface area contributed by atoms with Crippen molar-refractivity contribution in [3.63, 3.8) is 0 Å². The maximum absolute atomic E-state index is 10.3. The van der Waals surface area contributed by atoms with Crippen molar-refractivity contribution in [1.29, 1.82) is 0 Å². The normalized spacial score (nSPS) is 23.2. The highest BCUT2D eigenvalue weighted by atomic mass is 16.5. The first-order valence-corrected chi connectivity index (χ1v) is 8.37. The molecule has 3 nitrogen and oxygen atoms in total. The van der Waals surface area contributed by atoms with E-state index in [1.165, 1.54) is 18.4 Å². The number of aliphatic hydroxyl groups is 1. The molecule has 3 heteroatoms. The van der Waals surface area contributed by atoms with Gasteiger partial charge in [0.15, 0.2) is 0 Å². The Bertz CT molecular complexity index is 421. The van der Waals surface area contributed by atoms with Crippen molar-refractivity contribution >= 4 is 0 Å². The summed E-state index contributed by atoms with van der Waals surface area (Å²) in [6.07, 6.45) is 4.16. The van der Waals surface area contributed by atoms with Gasteiger partial charge in [0.25, 0.3) is 0 Å². The number of hydrogen-bond donors (Lipinski definition) is 1. The zero-order valence-electron chi connectivity index (χ0n) is 13.4. The van der Waals surface area contributed by atoms with Crippen molar-refractivity contribution in [3.05, 3.63) is 29.8 Å². The van der Waals surface area contributed by atoms with Gasteiger partial charge < -0.3 is 14.7 Å². The second kappa shape index (κ2) is 8.40. The molecule has 1 heterocycles. The number of nitrogens with zero attached hydrogens (tertiary/aromatic N) is 1. The number of piperidine rings is 1. The molecule has 1 aromatic carbocycles. The lowest BCUT2D eigenvalue weighted by Crippen LogP contribution is -2.41. The fraction of sp³-hybridized carbons (Fsp3) is 0.667. The van der Waals surface area contributed by atoms with Gasteiger partial charge in [-0.15, -0.1) is 0 Å². The molecule has 0 spiro atoms. The largest absolute Gasteiger partial charge is 0.494 e. The highest BCUT2D eigenvalue weighted by molar-refractivity contribution is 5.32. The first-order valence-electron chi connectivity index (χ1n) is 8.37. The molecule has 1 aromatic rings. The minimum atomic E-state index is -0.233. The number of benzene rings is 1. The van der Waals surface area contributed by atoms with Crippen LogP contribution in [-0.2, 0) is 0 Å². The van der Waals surface area contributed by atoms with E-state index in [0.29, 0.717) is 0 Å². The highest BCUT2D eigenvalue weighted by Gasteiger charge is 2.28. The zero-order chi connectivity index (χ0) is 15.1. The van der Waals surface area contributed by atoms with Crippen LogP contribution in [0.15, 0.2) is 24.3 Å². The summed E-state index contributed by atoms with van der Waals surface area (Å²) in [7, 11) is 0. The number of unbranched alkanes of at least 4 members (excludes halogenated alkanes) is 2. The van der Waals surface area contributed by atoms with Crippen molar-refractivity contribution in [2.45, 2.75) is 51.6 Å². The van der Waals surface area contributed by atoms with Crippen molar-refractivity contribution in [3.8, 4) is 5.75 Å². The molecule has 1 fully saturated rings. The number of hydrogen-bond acceptors (Lipinski definition) is 3. The van der Waals surface area contributed by atoms with Gasteiger partial charge in [0.05, 0.1) is 12.7 Å². The van der Waals surface area contributed by atoms with Crippen molar-refractivity contribution < 1.29 is 9.84 Å². The summed E-state index contributed by atoms with van der Waals surface area (Å²) in [4.78, 5) is 2.41. The topological polar surface area (TPSA) is 32.7 Å². The van der Waals surface area contributed by atoms with Gasteiger partial charge in [-0.25, -0.2) is 0 Å². The summed E-state index contributed by atoms with van der Waals surface area (Å²) in [5, 5.41) is 10.3. The molecule has 1 aliphatic heterocycles. The number of ether oxygens (including phenoxy) is 1. The molecule has 2 atom stereocenters. The molecule has 0 saturated carbocycles. The van der Waals surface area contributed by atoms with Crippen LogP contribution in [0.25, 0.3) is 0 Å². The third-order valence-electron chi connectivity index (χ3n) is 4.41. The molecule has 118 valence electrons. The molecule has 1 N–H and O–H groups in total. The van der Waals surface area contributed by atoms with Crippen LogP contribution in [0.1, 0.15) is 51.0 Å². The maximum atomic E-state index is 10.3. The summed E-state index contributed by atoms with van der Waals surface area (Å²) in [6.45, 7) is 8.16. The van der Waals surface area contributed by atoms with Crippen LogP contribution in [0.4, 0.5) is 0 Å². The van der Waals surface area contributed by atoms with Gasteiger partial charge >= 0.3 is 0 Å². The van der Waals surface area contributed by atoms with E-state index in [1.807, 2.05) is 12.1 Å². The number of likely N-dealkylation sites (tertiary alicyclic amines) is 1. The summed E-state index contributed by atoms with van der Waals surface area (Å²) < 4.78 is 5.83. The zero-order valence-corrected chi connectivity index (χ0v) is 13.4. The van der Waals surface area contributed by atoms with Crippen LogP contribution in [-0.4, -0.2) is 42.4 Å². The monoisotopic (exact) mass is 291 g/mol. The predicted molar refractivity (Wildman–Crippen MR) is 86.9 cm³/mol. The fourth-order valence-electron chi connectivity index (χ4n) is 3.00. The van der Waals surface area contributed by atoms with Gasteiger partial charge in [-0.2, -0.15) is 0 Å². The van der Waals surface area contributed by atoms with Crippen LogP contribution in [0, 0.1) is 0 Å². The van der Waals surface area contributed by atoms with Gasteiger partial charge in [0.2, 0.25) is 0 Å². The first kappa shape index (κ1) is 16.3. The van der Waals surface area contributed by atoms with Crippen LogP contribution >= 0.6 is 0 Å². The Kier molecular flexibility index (Phi) is 6.52. The highest BCUT2D eigenvalue weighted by Crippen LogP contribution is 2.29. The van der Waals surface area contributed by atoms with E-state index in [2.05, 4.69) is 30.9 Å². The quantitative estimate of drug-likeness (QED) is 0.781. The molecule has 21 heavy (non-hydrogen) atoms. The Labute approximate surface area is 128 Å². The second-order valence-electron chi connectivity index (χ2n) is 5.98. The minimum Gasteiger partial charge on any atom is -0.494 e. The van der Waals surface area contributed by atoms with Gasteiger partial charge in [-0.3, -0.25) is 0 Å². The second-order valence-corrected chi connectivity index (χ2v) is 5.98. The van der Waals surface area contributed by atoms with E-state index in [9.17, 15) is 5.11 Å².